The van der Waals surface area contributed by atoms with Crippen molar-refractivity contribution in [1.82, 2.24) is 14.8 Å². The van der Waals surface area contributed by atoms with Gasteiger partial charge in [0.1, 0.15) is 5.52 Å². The van der Waals surface area contributed by atoms with Crippen molar-refractivity contribution in [2.24, 2.45) is 5.92 Å². The number of aromatic nitrogens is 3. The van der Waals surface area contributed by atoms with Gasteiger partial charge in [-0.2, -0.15) is 5.10 Å². The van der Waals surface area contributed by atoms with Crippen LogP contribution in [-0.4, -0.2) is 33.8 Å². The minimum atomic E-state index is 0.0206. The zero-order chi connectivity index (χ0) is 20.5. The largest absolute Gasteiger partial charge is 0.355 e. The average Bonchev–Trinajstić information content (AvgIpc) is 3.07. The topological polar surface area (TPSA) is 63.1 Å². The number of halogens is 1. The van der Waals surface area contributed by atoms with E-state index in [1.807, 2.05) is 49.0 Å². The number of anilines is 2. The summed E-state index contributed by atoms with van der Waals surface area (Å²) in [5.41, 5.74) is 4.09. The molecule has 1 saturated heterocycles. The first kappa shape index (κ1) is 19.9. The van der Waals surface area contributed by atoms with Crippen LogP contribution in [-0.2, 0) is 11.3 Å². The lowest BCUT2D eigenvalue weighted by molar-refractivity contribution is -0.120. The molecule has 1 aliphatic rings. The van der Waals surface area contributed by atoms with Crippen molar-refractivity contribution < 1.29 is 4.79 Å². The van der Waals surface area contributed by atoms with Gasteiger partial charge in [-0.3, -0.25) is 9.48 Å². The molecule has 0 atom stereocenters. The minimum Gasteiger partial charge on any atom is -0.355 e. The van der Waals surface area contributed by atoms with Crippen molar-refractivity contribution in [3.05, 3.63) is 46.2 Å². The summed E-state index contributed by atoms with van der Waals surface area (Å²) in [5, 5.41) is 8.88. The highest BCUT2D eigenvalue weighted by Crippen LogP contribution is 2.30. The first-order chi connectivity index (χ1) is 14.0. The number of hydrogen-bond acceptors (Lipinski definition) is 4. The number of nitrogens with zero attached hydrogens (tertiary/aromatic N) is 4. The summed E-state index contributed by atoms with van der Waals surface area (Å²) in [5.74, 6) is 1.10. The maximum absolute atomic E-state index is 12.8. The van der Waals surface area contributed by atoms with Crippen LogP contribution in [0.1, 0.15) is 31.0 Å². The van der Waals surface area contributed by atoms with Crippen LogP contribution in [0.3, 0.4) is 0 Å². The van der Waals surface area contributed by atoms with Crippen molar-refractivity contribution in [1.29, 1.82) is 0 Å². The highest BCUT2D eigenvalue weighted by molar-refractivity contribution is 9.10. The number of benzene rings is 1. The van der Waals surface area contributed by atoms with Gasteiger partial charge in [0, 0.05) is 47.3 Å². The number of carbonyl (C=O) groups is 1. The molecule has 3 aromatic rings. The fourth-order valence-corrected chi connectivity index (χ4v) is 4.30. The minimum absolute atomic E-state index is 0.0206. The van der Waals surface area contributed by atoms with Crippen LogP contribution < -0.4 is 10.2 Å². The Hall–Kier alpha value is -2.41. The molecule has 1 fully saturated rings. The van der Waals surface area contributed by atoms with Crippen LogP contribution >= 0.6 is 15.9 Å². The number of amides is 1. The second-order valence-corrected chi connectivity index (χ2v) is 8.50. The van der Waals surface area contributed by atoms with E-state index in [2.05, 4.69) is 43.2 Å². The van der Waals surface area contributed by atoms with Crippen molar-refractivity contribution in [3.8, 4) is 0 Å². The van der Waals surface area contributed by atoms with Crippen LogP contribution in [0.5, 0.6) is 0 Å². The fraction of sp³-hybridized carbons (Fsp3) is 0.409. The molecule has 0 bridgehead atoms. The second-order valence-electron chi connectivity index (χ2n) is 7.65. The number of carbonyl (C=O) groups excluding carboxylic acids is 1. The van der Waals surface area contributed by atoms with E-state index < -0.39 is 0 Å². The van der Waals surface area contributed by atoms with E-state index in [1.54, 1.807) is 0 Å². The number of nitrogens with one attached hydrogen (secondary N) is 1. The third-order valence-electron chi connectivity index (χ3n) is 5.71. The molecule has 0 saturated carbocycles. The molecule has 0 aliphatic carbocycles. The quantitative estimate of drug-likeness (QED) is 0.619. The molecule has 0 spiro atoms. The molecule has 6 nitrogen and oxygen atoms in total. The molecule has 29 heavy (non-hydrogen) atoms. The Morgan fingerprint density at radius 3 is 2.69 bits per heavy atom. The van der Waals surface area contributed by atoms with Gasteiger partial charge in [0.25, 0.3) is 0 Å². The Labute approximate surface area is 179 Å². The normalized spacial score (nSPS) is 15.1. The van der Waals surface area contributed by atoms with E-state index >= 15 is 0 Å². The molecule has 1 N–H and O–H groups in total. The molecule has 2 aromatic heterocycles. The summed E-state index contributed by atoms with van der Waals surface area (Å²) in [4.78, 5) is 19.7. The van der Waals surface area contributed by atoms with Crippen LogP contribution in [0, 0.1) is 19.8 Å². The molecular formula is C22H26BrN5O. The molecule has 3 heterocycles. The molecule has 0 radical (unpaired) electrons. The van der Waals surface area contributed by atoms with Crippen molar-refractivity contribution in [2.75, 3.05) is 23.3 Å². The molecule has 1 aliphatic heterocycles. The molecular weight excluding hydrogens is 430 g/mol. The number of pyridine rings is 1. The Morgan fingerprint density at radius 1 is 1.24 bits per heavy atom. The Morgan fingerprint density at radius 2 is 2.00 bits per heavy atom. The monoisotopic (exact) mass is 455 g/mol. The van der Waals surface area contributed by atoms with Gasteiger partial charge in [0.2, 0.25) is 5.91 Å². The zero-order valence-electron chi connectivity index (χ0n) is 17.1. The SMILES string of the molecule is CCn1nc(C)c2ccnc(N3CCC(C(=O)Nc4ccc(Br)c(C)c4)CC3)c21. The number of fused-ring (bicyclic) bond motifs is 1. The van der Waals surface area contributed by atoms with Gasteiger partial charge < -0.3 is 10.2 Å². The first-order valence-electron chi connectivity index (χ1n) is 10.1. The van der Waals surface area contributed by atoms with Crippen molar-refractivity contribution >= 4 is 44.2 Å². The molecule has 7 heteroatoms. The lowest BCUT2D eigenvalue weighted by Gasteiger charge is -2.32. The van der Waals surface area contributed by atoms with Gasteiger partial charge in [-0.1, -0.05) is 15.9 Å². The molecule has 1 amide bonds. The fourth-order valence-electron chi connectivity index (χ4n) is 4.05. The van der Waals surface area contributed by atoms with E-state index in [0.29, 0.717) is 0 Å². The standard InChI is InChI=1S/C22H26BrN5O/c1-4-28-20-18(15(3)26-28)7-10-24-21(20)27-11-8-16(9-12-27)22(29)25-17-5-6-19(23)14(2)13-17/h5-7,10,13,16H,4,8-9,11-12H2,1-3H3,(H,25,29). The summed E-state index contributed by atoms with van der Waals surface area (Å²) in [6.45, 7) is 8.61. The van der Waals surface area contributed by atoms with Gasteiger partial charge in [0.05, 0.1) is 5.69 Å². The summed E-state index contributed by atoms with van der Waals surface area (Å²) < 4.78 is 3.08. The summed E-state index contributed by atoms with van der Waals surface area (Å²) in [7, 11) is 0. The van der Waals surface area contributed by atoms with Crippen LogP contribution in [0.2, 0.25) is 0 Å². The van der Waals surface area contributed by atoms with Crippen LogP contribution in [0.15, 0.2) is 34.9 Å². The second kappa shape index (κ2) is 8.14. The van der Waals surface area contributed by atoms with Gasteiger partial charge in [-0.25, -0.2) is 4.98 Å². The highest BCUT2D eigenvalue weighted by atomic mass is 79.9. The Balaban J connectivity index is 1.46. The highest BCUT2D eigenvalue weighted by Gasteiger charge is 2.27. The molecule has 0 unspecified atom stereocenters. The summed E-state index contributed by atoms with van der Waals surface area (Å²) >= 11 is 3.50. The van der Waals surface area contributed by atoms with E-state index in [9.17, 15) is 4.79 Å². The predicted octanol–water partition coefficient (Wildman–Crippen LogP) is 4.69. The molecule has 1 aromatic carbocycles. The Kier molecular flexibility index (Phi) is 5.58. The number of aryl methyl sites for hydroxylation is 3. The lowest BCUT2D eigenvalue weighted by Crippen LogP contribution is -2.38. The smallest absolute Gasteiger partial charge is 0.227 e. The number of piperidine rings is 1. The summed E-state index contributed by atoms with van der Waals surface area (Å²) in [6, 6.07) is 7.94. The van der Waals surface area contributed by atoms with Crippen molar-refractivity contribution in [2.45, 2.75) is 40.2 Å². The van der Waals surface area contributed by atoms with Gasteiger partial charge in [-0.15, -0.1) is 0 Å². The lowest BCUT2D eigenvalue weighted by atomic mass is 9.95. The number of rotatable bonds is 4. The van der Waals surface area contributed by atoms with Gasteiger partial charge in [0.15, 0.2) is 5.82 Å². The maximum Gasteiger partial charge on any atom is 0.227 e. The van der Waals surface area contributed by atoms with Crippen LogP contribution in [0.25, 0.3) is 10.9 Å². The van der Waals surface area contributed by atoms with Crippen LogP contribution in [0.4, 0.5) is 11.5 Å². The average molecular weight is 456 g/mol. The van der Waals surface area contributed by atoms with E-state index in [-0.39, 0.29) is 11.8 Å². The zero-order valence-corrected chi connectivity index (χ0v) is 18.7. The molecule has 4 rings (SSSR count). The predicted molar refractivity (Wildman–Crippen MR) is 120 cm³/mol. The third-order valence-corrected chi connectivity index (χ3v) is 6.60. The first-order valence-corrected chi connectivity index (χ1v) is 10.9. The summed E-state index contributed by atoms with van der Waals surface area (Å²) in [6.07, 6.45) is 3.50. The third kappa shape index (κ3) is 3.88. The molecule has 152 valence electrons. The van der Waals surface area contributed by atoms with Gasteiger partial charge in [-0.05, 0) is 63.4 Å². The Bertz CT molecular complexity index is 1050. The van der Waals surface area contributed by atoms with E-state index in [1.165, 1.54) is 0 Å². The van der Waals surface area contributed by atoms with Gasteiger partial charge >= 0.3 is 0 Å². The van der Waals surface area contributed by atoms with E-state index in [0.717, 1.165) is 70.6 Å². The van der Waals surface area contributed by atoms with Crippen molar-refractivity contribution in [3.63, 3.8) is 0 Å². The maximum atomic E-state index is 12.8. The number of hydrogen-bond donors (Lipinski definition) is 1. The van der Waals surface area contributed by atoms with E-state index in [4.69, 9.17) is 0 Å².